The van der Waals surface area contributed by atoms with E-state index in [-0.39, 0.29) is 10.8 Å². The summed E-state index contributed by atoms with van der Waals surface area (Å²) in [5, 5.41) is 2.71. The lowest BCUT2D eigenvalue weighted by molar-refractivity contribution is -0.113. The summed E-state index contributed by atoms with van der Waals surface area (Å²) in [5.74, 6) is 0.222. The summed E-state index contributed by atoms with van der Waals surface area (Å²) in [5.41, 5.74) is 2.84. The molecule has 23 heavy (non-hydrogen) atoms. The number of hydrogen-bond acceptors (Lipinski definition) is 4. The maximum Gasteiger partial charge on any atom is 0.261 e. The van der Waals surface area contributed by atoms with Crippen molar-refractivity contribution in [2.24, 2.45) is 0 Å². The Morgan fingerprint density at radius 2 is 1.83 bits per heavy atom. The number of nitrogens with one attached hydrogen (secondary N) is 2. The van der Waals surface area contributed by atoms with Crippen LogP contribution in [0.15, 0.2) is 46.2 Å². The Morgan fingerprint density at radius 3 is 2.52 bits per heavy atom. The monoisotopic (exact) mass is 348 g/mol. The van der Waals surface area contributed by atoms with E-state index in [0.29, 0.717) is 17.1 Å². The van der Waals surface area contributed by atoms with E-state index >= 15 is 0 Å². The van der Waals surface area contributed by atoms with E-state index in [0.717, 1.165) is 16.0 Å². The van der Waals surface area contributed by atoms with Gasteiger partial charge in [-0.05, 0) is 43.2 Å². The first kappa shape index (κ1) is 15.9. The van der Waals surface area contributed by atoms with Gasteiger partial charge >= 0.3 is 0 Å². The predicted molar refractivity (Wildman–Crippen MR) is 92.5 cm³/mol. The molecule has 0 aromatic heterocycles. The number of carbonyl (C=O) groups excluding carboxylic acids is 1. The first-order chi connectivity index (χ1) is 10.9. The van der Waals surface area contributed by atoms with E-state index < -0.39 is 10.0 Å². The number of amides is 1. The van der Waals surface area contributed by atoms with Crippen molar-refractivity contribution in [3.05, 3.63) is 47.5 Å². The van der Waals surface area contributed by atoms with Crippen molar-refractivity contribution in [3.63, 3.8) is 0 Å². The minimum atomic E-state index is -3.72. The highest BCUT2D eigenvalue weighted by atomic mass is 32.2. The van der Waals surface area contributed by atoms with Crippen molar-refractivity contribution in [2.45, 2.75) is 23.6 Å². The van der Waals surface area contributed by atoms with E-state index in [1.807, 2.05) is 32.0 Å². The van der Waals surface area contributed by atoms with Crippen LogP contribution in [0.2, 0.25) is 0 Å². The highest BCUT2D eigenvalue weighted by Gasteiger charge is 2.21. The van der Waals surface area contributed by atoms with E-state index in [1.165, 1.54) is 17.8 Å². The number of hydrogen-bond donors (Lipinski definition) is 2. The zero-order valence-corrected chi connectivity index (χ0v) is 14.3. The summed E-state index contributed by atoms with van der Waals surface area (Å²) < 4.78 is 27.9. The van der Waals surface area contributed by atoms with Gasteiger partial charge in [0.1, 0.15) is 0 Å². The number of sulfonamides is 1. The van der Waals surface area contributed by atoms with Crippen molar-refractivity contribution in [1.29, 1.82) is 0 Å². The van der Waals surface area contributed by atoms with Crippen molar-refractivity contribution >= 4 is 39.1 Å². The lowest BCUT2D eigenvalue weighted by Gasteiger charge is -2.18. The zero-order chi connectivity index (χ0) is 16.6. The first-order valence-electron chi connectivity index (χ1n) is 7.02. The minimum absolute atomic E-state index is 0.125. The van der Waals surface area contributed by atoms with Crippen LogP contribution in [0.1, 0.15) is 11.1 Å². The molecule has 2 aromatic carbocycles. The van der Waals surface area contributed by atoms with Gasteiger partial charge in [0.05, 0.1) is 22.0 Å². The van der Waals surface area contributed by atoms with Crippen molar-refractivity contribution in [3.8, 4) is 0 Å². The molecule has 0 saturated heterocycles. The second-order valence-corrected chi connectivity index (χ2v) is 8.07. The molecule has 3 rings (SSSR count). The van der Waals surface area contributed by atoms with Crippen LogP contribution in [0, 0.1) is 13.8 Å². The zero-order valence-electron chi connectivity index (χ0n) is 12.7. The molecule has 0 fully saturated rings. The summed E-state index contributed by atoms with van der Waals surface area (Å²) in [6.45, 7) is 3.71. The molecular formula is C16H16N2O3S2. The van der Waals surface area contributed by atoms with Gasteiger partial charge in [0.25, 0.3) is 10.0 Å². The van der Waals surface area contributed by atoms with Crippen molar-refractivity contribution < 1.29 is 13.2 Å². The highest BCUT2D eigenvalue weighted by molar-refractivity contribution is 8.00. The van der Waals surface area contributed by atoms with Crippen LogP contribution in [0.3, 0.4) is 0 Å². The van der Waals surface area contributed by atoms with Crippen LogP contribution < -0.4 is 10.0 Å². The summed E-state index contributed by atoms with van der Waals surface area (Å²) >= 11 is 1.40. The van der Waals surface area contributed by atoms with E-state index in [9.17, 15) is 13.2 Å². The molecule has 0 bridgehead atoms. The third-order valence-corrected chi connectivity index (χ3v) is 6.03. The molecule has 1 aliphatic heterocycles. The molecule has 1 heterocycles. The number of benzene rings is 2. The van der Waals surface area contributed by atoms with Crippen molar-refractivity contribution in [2.75, 3.05) is 15.8 Å². The average molecular weight is 348 g/mol. The largest absolute Gasteiger partial charge is 0.324 e. The Bertz CT molecular complexity index is 872. The Morgan fingerprint density at radius 1 is 1.13 bits per heavy atom. The standard InChI is InChI=1S/C16H16N2O3S2/c1-10-4-3-5-11(2)16(10)18-23(20,21)12-6-7-14-13(8-12)17-15(19)9-22-14/h3-8,18H,9H2,1-2H3,(H,17,19). The quantitative estimate of drug-likeness (QED) is 0.893. The van der Waals surface area contributed by atoms with E-state index in [4.69, 9.17) is 0 Å². The number of fused-ring (bicyclic) bond motifs is 1. The van der Waals surface area contributed by atoms with Gasteiger partial charge in [-0.2, -0.15) is 0 Å². The normalized spacial score (nSPS) is 14.1. The number of anilines is 2. The van der Waals surface area contributed by atoms with Crippen LogP contribution in [0.4, 0.5) is 11.4 Å². The number of aryl methyl sites for hydroxylation is 2. The maximum absolute atomic E-state index is 12.6. The fourth-order valence-corrected chi connectivity index (χ4v) is 4.42. The van der Waals surface area contributed by atoms with Gasteiger partial charge < -0.3 is 5.32 Å². The van der Waals surface area contributed by atoms with Gasteiger partial charge in [-0.25, -0.2) is 8.42 Å². The third-order valence-electron chi connectivity index (χ3n) is 3.61. The topological polar surface area (TPSA) is 75.3 Å². The molecule has 1 aliphatic rings. The van der Waals surface area contributed by atoms with Crippen LogP contribution in [-0.2, 0) is 14.8 Å². The maximum atomic E-state index is 12.6. The smallest absolute Gasteiger partial charge is 0.261 e. The molecule has 0 atom stereocenters. The van der Waals surface area contributed by atoms with Crippen LogP contribution in [0.25, 0.3) is 0 Å². The summed E-state index contributed by atoms with van der Waals surface area (Å²) in [4.78, 5) is 12.5. The van der Waals surface area contributed by atoms with Crippen LogP contribution in [0.5, 0.6) is 0 Å². The fourth-order valence-electron chi connectivity index (χ4n) is 2.40. The van der Waals surface area contributed by atoms with Gasteiger partial charge in [-0.1, -0.05) is 18.2 Å². The van der Waals surface area contributed by atoms with Gasteiger partial charge in [-0.15, -0.1) is 11.8 Å². The summed E-state index contributed by atoms with van der Waals surface area (Å²) in [6, 6.07) is 10.4. The number of carbonyl (C=O) groups is 1. The molecule has 2 aromatic rings. The molecule has 7 heteroatoms. The minimum Gasteiger partial charge on any atom is -0.324 e. The van der Waals surface area contributed by atoms with Gasteiger partial charge in [0.2, 0.25) is 5.91 Å². The summed E-state index contributed by atoms with van der Waals surface area (Å²) in [7, 11) is -3.72. The highest BCUT2D eigenvalue weighted by Crippen LogP contribution is 2.33. The molecule has 0 aliphatic carbocycles. The predicted octanol–water partition coefficient (Wildman–Crippen LogP) is 3.15. The molecule has 0 spiro atoms. The summed E-state index contributed by atoms with van der Waals surface area (Å²) in [6.07, 6.45) is 0. The van der Waals surface area contributed by atoms with Crippen LogP contribution >= 0.6 is 11.8 Å². The Kier molecular flexibility index (Phi) is 4.08. The number of thioether (sulfide) groups is 1. The molecular weight excluding hydrogens is 332 g/mol. The lowest BCUT2D eigenvalue weighted by atomic mass is 10.1. The molecule has 0 unspecified atom stereocenters. The molecule has 2 N–H and O–H groups in total. The fraction of sp³-hybridized carbons (Fsp3) is 0.188. The Labute approximate surface area is 139 Å². The molecule has 1 amide bonds. The molecule has 120 valence electrons. The number of para-hydroxylation sites is 1. The SMILES string of the molecule is Cc1cccc(C)c1NS(=O)(=O)c1ccc2c(c1)NC(=O)CS2. The lowest BCUT2D eigenvalue weighted by Crippen LogP contribution is -2.20. The van der Waals surface area contributed by atoms with Gasteiger partial charge in [0.15, 0.2) is 0 Å². The van der Waals surface area contributed by atoms with Crippen molar-refractivity contribution in [1.82, 2.24) is 0 Å². The van der Waals surface area contributed by atoms with Gasteiger partial charge in [0, 0.05) is 4.90 Å². The Balaban J connectivity index is 1.97. The molecule has 0 radical (unpaired) electrons. The van der Waals surface area contributed by atoms with Crippen LogP contribution in [-0.4, -0.2) is 20.1 Å². The molecule has 5 nitrogen and oxygen atoms in total. The van der Waals surface area contributed by atoms with E-state index in [1.54, 1.807) is 12.1 Å². The van der Waals surface area contributed by atoms with Gasteiger partial charge in [-0.3, -0.25) is 9.52 Å². The molecule has 0 saturated carbocycles. The first-order valence-corrected chi connectivity index (χ1v) is 9.49. The van der Waals surface area contributed by atoms with E-state index in [2.05, 4.69) is 10.0 Å². The average Bonchev–Trinajstić information content (AvgIpc) is 2.50. The second kappa shape index (κ2) is 5.90. The number of rotatable bonds is 3. The Hall–Kier alpha value is -1.99. The second-order valence-electron chi connectivity index (χ2n) is 5.37. The third kappa shape index (κ3) is 3.20.